The fourth-order valence-electron chi connectivity index (χ4n) is 5.03. The minimum Gasteiger partial charge on any atom is -0.493 e. The molecule has 1 saturated carbocycles. The number of carbonyl (C=O) groups excluding carboxylic acids is 2. The molecule has 1 aliphatic heterocycles. The van der Waals surface area contributed by atoms with Gasteiger partial charge in [0, 0.05) is 44.2 Å². The summed E-state index contributed by atoms with van der Waals surface area (Å²) < 4.78 is 24.1. The molecule has 210 valence electrons. The number of nitrogens with zero attached hydrogens (tertiary/aromatic N) is 5. The first-order valence-electron chi connectivity index (χ1n) is 13.6. The molecule has 2 aromatic carbocycles. The number of aromatic nitrogens is 2. The summed E-state index contributed by atoms with van der Waals surface area (Å²) >= 11 is 0. The standard InChI is InChI=1S/C30H34FN5O4/c1-39-26-12-8-23(18-27(26)40-2)25-11-13-28(33-32-25)34-14-16-35(17-15-34)29(37)20-36(30(38)22-4-3-5-22)19-21-6-9-24(31)10-7-21/h6-13,18,22H,3-5,14-17,19-20H2,1-2H3. The zero-order valence-corrected chi connectivity index (χ0v) is 22.9. The summed E-state index contributed by atoms with van der Waals surface area (Å²) in [5, 5.41) is 8.83. The van der Waals surface area contributed by atoms with Gasteiger partial charge in [-0.05, 0) is 60.9 Å². The molecule has 1 aromatic heterocycles. The summed E-state index contributed by atoms with van der Waals surface area (Å²) in [6, 6.07) is 15.5. The first kappa shape index (κ1) is 27.4. The van der Waals surface area contributed by atoms with Crippen molar-refractivity contribution < 1.29 is 23.5 Å². The second-order valence-corrected chi connectivity index (χ2v) is 10.2. The van der Waals surface area contributed by atoms with E-state index in [1.165, 1.54) is 12.1 Å². The van der Waals surface area contributed by atoms with Crippen LogP contribution >= 0.6 is 0 Å². The molecule has 2 heterocycles. The number of carbonyl (C=O) groups is 2. The fraction of sp³-hybridized carbons (Fsp3) is 0.400. The Kier molecular flexibility index (Phi) is 8.42. The maximum absolute atomic E-state index is 13.4. The number of hydrogen-bond acceptors (Lipinski definition) is 7. The van der Waals surface area contributed by atoms with Crippen molar-refractivity contribution >= 4 is 17.6 Å². The summed E-state index contributed by atoms with van der Waals surface area (Å²) in [7, 11) is 3.19. The highest BCUT2D eigenvalue weighted by molar-refractivity contribution is 5.86. The lowest BCUT2D eigenvalue weighted by Gasteiger charge is -2.37. The Bertz CT molecular complexity index is 1320. The number of rotatable bonds is 9. The van der Waals surface area contributed by atoms with Crippen LogP contribution in [-0.2, 0) is 16.1 Å². The lowest BCUT2D eigenvalue weighted by Crippen LogP contribution is -2.52. The first-order chi connectivity index (χ1) is 19.4. The molecule has 5 rings (SSSR count). The average Bonchev–Trinajstić information content (AvgIpc) is 2.96. The van der Waals surface area contributed by atoms with Crippen molar-refractivity contribution in [2.45, 2.75) is 25.8 Å². The third kappa shape index (κ3) is 6.16. The molecular formula is C30H34FN5O4. The van der Waals surface area contributed by atoms with Gasteiger partial charge in [0.2, 0.25) is 11.8 Å². The van der Waals surface area contributed by atoms with Gasteiger partial charge in [0.15, 0.2) is 17.3 Å². The smallest absolute Gasteiger partial charge is 0.242 e. The summed E-state index contributed by atoms with van der Waals surface area (Å²) in [6.45, 7) is 2.60. The number of halogens is 1. The van der Waals surface area contributed by atoms with Crippen LogP contribution in [0.3, 0.4) is 0 Å². The van der Waals surface area contributed by atoms with E-state index in [0.717, 1.165) is 41.9 Å². The Balaban J connectivity index is 1.18. The Morgan fingerprint density at radius 2 is 1.65 bits per heavy atom. The number of amides is 2. The molecule has 0 bridgehead atoms. The van der Waals surface area contributed by atoms with Crippen molar-refractivity contribution in [3.05, 3.63) is 66.0 Å². The van der Waals surface area contributed by atoms with E-state index in [1.807, 2.05) is 30.3 Å². The molecule has 0 spiro atoms. The summed E-state index contributed by atoms with van der Waals surface area (Å²) in [6.07, 6.45) is 2.75. The van der Waals surface area contributed by atoms with E-state index in [9.17, 15) is 14.0 Å². The van der Waals surface area contributed by atoms with E-state index in [1.54, 1.807) is 36.2 Å². The lowest BCUT2D eigenvalue weighted by molar-refractivity contribution is -0.145. The van der Waals surface area contributed by atoms with Gasteiger partial charge in [-0.15, -0.1) is 10.2 Å². The van der Waals surface area contributed by atoms with E-state index in [0.29, 0.717) is 44.2 Å². The number of methoxy groups -OCH3 is 2. The largest absolute Gasteiger partial charge is 0.493 e. The van der Waals surface area contributed by atoms with Crippen molar-refractivity contribution in [3.63, 3.8) is 0 Å². The molecule has 40 heavy (non-hydrogen) atoms. The van der Waals surface area contributed by atoms with Crippen molar-refractivity contribution in [2.24, 2.45) is 5.92 Å². The molecule has 2 amide bonds. The molecule has 9 nitrogen and oxygen atoms in total. The van der Waals surface area contributed by atoms with Crippen LogP contribution in [-0.4, -0.2) is 78.8 Å². The number of piperazine rings is 1. The van der Waals surface area contributed by atoms with Crippen LogP contribution in [0.25, 0.3) is 11.3 Å². The highest BCUT2D eigenvalue weighted by atomic mass is 19.1. The molecular weight excluding hydrogens is 513 g/mol. The van der Waals surface area contributed by atoms with Gasteiger partial charge in [-0.1, -0.05) is 18.6 Å². The van der Waals surface area contributed by atoms with Crippen LogP contribution in [0.2, 0.25) is 0 Å². The minimum absolute atomic E-state index is 0.00686. The van der Waals surface area contributed by atoms with E-state index in [2.05, 4.69) is 15.1 Å². The normalized spacial score (nSPS) is 15.4. The van der Waals surface area contributed by atoms with Gasteiger partial charge in [0.1, 0.15) is 12.4 Å². The van der Waals surface area contributed by atoms with Gasteiger partial charge in [-0.3, -0.25) is 9.59 Å². The number of ether oxygens (including phenoxy) is 2. The molecule has 0 radical (unpaired) electrons. The quantitative estimate of drug-likeness (QED) is 0.403. The maximum atomic E-state index is 13.4. The Morgan fingerprint density at radius 1 is 0.925 bits per heavy atom. The van der Waals surface area contributed by atoms with E-state index in [-0.39, 0.29) is 30.1 Å². The number of hydrogen-bond donors (Lipinski definition) is 0. The van der Waals surface area contributed by atoms with E-state index < -0.39 is 0 Å². The van der Waals surface area contributed by atoms with Crippen LogP contribution in [0.4, 0.5) is 10.2 Å². The molecule has 1 saturated heterocycles. The van der Waals surface area contributed by atoms with Crippen molar-refractivity contribution in [2.75, 3.05) is 51.8 Å². The van der Waals surface area contributed by atoms with Crippen LogP contribution < -0.4 is 14.4 Å². The van der Waals surface area contributed by atoms with Gasteiger partial charge in [-0.2, -0.15) is 0 Å². The highest BCUT2D eigenvalue weighted by Gasteiger charge is 2.32. The zero-order chi connectivity index (χ0) is 28.1. The van der Waals surface area contributed by atoms with Crippen LogP contribution in [0, 0.1) is 11.7 Å². The van der Waals surface area contributed by atoms with Gasteiger partial charge in [0.25, 0.3) is 0 Å². The predicted molar refractivity (Wildman–Crippen MR) is 149 cm³/mol. The lowest BCUT2D eigenvalue weighted by atomic mass is 9.84. The first-order valence-corrected chi connectivity index (χ1v) is 13.6. The van der Waals surface area contributed by atoms with E-state index >= 15 is 0 Å². The fourth-order valence-corrected chi connectivity index (χ4v) is 5.03. The molecule has 2 aliphatic rings. The van der Waals surface area contributed by atoms with Gasteiger partial charge >= 0.3 is 0 Å². The highest BCUT2D eigenvalue weighted by Crippen LogP contribution is 2.32. The van der Waals surface area contributed by atoms with E-state index in [4.69, 9.17) is 9.47 Å². The molecule has 0 unspecified atom stereocenters. The maximum Gasteiger partial charge on any atom is 0.242 e. The second kappa shape index (κ2) is 12.3. The molecule has 0 atom stereocenters. The molecule has 10 heteroatoms. The molecule has 0 N–H and O–H groups in total. The summed E-state index contributed by atoms with van der Waals surface area (Å²) in [4.78, 5) is 31.9. The van der Waals surface area contributed by atoms with Gasteiger partial charge < -0.3 is 24.2 Å². The Labute approximate surface area is 233 Å². The minimum atomic E-state index is -0.324. The predicted octanol–water partition coefficient (Wildman–Crippen LogP) is 3.78. The van der Waals surface area contributed by atoms with Crippen LogP contribution in [0.1, 0.15) is 24.8 Å². The molecule has 1 aliphatic carbocycles. The third-order valence-corrected chi connectivity index (χ3v) is 7.67. The molecule has 3 aromatic rings. The monoisotopic (exact) mass is 547 g/mol. The topological polar surface area (TPSA) is 88.1 Å². The van der Waals surface area contributed by atoms with Crippen molar-refractivity contribution in [1.82, 2.24) is 20.0 Å². The SMILES string of the molecule is COc1ccc(-c2ccc(N3CCN(C(=O)CN(Cc4ccc(F)cc4)C(=O)C4CCC4)CC3)nn2)cc1OC. The van der Waals surface area contributed by atoms with Crippen LogP contribution in [0.15, 0.2) is 54.6 Å². The molecule has 2 fully saturated rings. The summed E-state index contributed by atoms with van der Waals surface area (Å²) in [5.41, 5.74) is 2.39. The zero-order valence-electron chi connectivity index (χ0n) is 22.9. The Hall–Kier alpha value is -4.21. The third-order valence-electron chi connectivity index (χ3n) is 7.67. The Morgan fingerprint density at radius 3 is 2.25 bits per heavy atom. The second-order valence-electron chi connectivity index (χ2n) is 10.2. The van der Waals surface area contributed by atoms with Crippen molar-refractivity contribution in [1.29, 1.82) is 0 Å². The van der Waals surface area contributed by atoms with Crippen LogP contribution in [0.5, 0.6) is 11.5 Å². The number of anilines is 1. The average molecular weight is 548 g/mol. The summed E-state index contributed by atoms with van der Waals surface area (Å²) in [5.74, 6) is 1.60. The number of benzene rings is 2. The van der Waals surface area contributed by atoms with Crippen molar-refractivity contribution in [3.8, 4) is 22.8 Å². The van der Waals surface area contributed by atoms with Gasteiger partial charge in [0.05, 0.1) is 19.9 Å². The van der Waals surface area contributed by atoms with Gasteiger partial charge in [-0.25, -0.2) is 4.39 Å².